The van der Waals surface area contributed by atoms with Gasteiger partial charge in [0.15, 0.2) is 0 Å². The van der Waals surface area contributed by atoms with Crippen LogP contribution in [-0.2, 0) is 0 Å². The molecule has 2 rings (SSSR count). The van der Waals surface area contributed by atoms with E-state index in [2.05, 4.69) is 18.7 Å². The summed E-state index contributed by atoms with van der Waals surface area (Å²) in [4.78, 5) is 0. The Hall–Kier alpha value is -1.28. The van der Waals surface area contributed by atoms with Crippen LogP contribution in [0.4, 0.5) is 0 Å². The molecule has 1 saturated carbocycles. The van der Waals surface area contributed by atoms with Crippen LogP contribution in [0, 0.1) is 0 Å². The molecule has 1 aromatic carbocycles. The van der Waals surface area contributed by atoms with Crippen LogP contribution in [0.1, 0.15) is 43.7 Å². The van der Waals surface area contributed by atoms with E-state index in [-0.39, 0.29) is 6.04 Å². The normalized spacial score (nSPS) is 17.9. The Morgan fingerprint density at radius 2 is 2.18 bits per heavy atom. The fourth-order valence-corrected chi connectivity index (χ4v) is 2.33. The lowest BCUT2D eigenvalue weighted by atomic mass is 10.0. The van der Waals surface area contributed by atoms with E-state index >= 15 is 0 Å². The summed E-state index contributed by atoms with van der Waals surface area (Å²) in [5.74, 6) is 0.953. The quantitative estimate of drug-likeness (QED) is 0.786. The molecule has 0 heterocycles. The van der Waals surface area contributed by atoms with E-state index < -0.39 is 0 Å². The van der Waals surface area contributed by atoms with Crippen molar-refractivity contribution in [2.75, 3.05) is 0 Å². The van der Waals surface area contributed by atoms with Gasteiger partial charge in [0.25, 0.3) is 0 Å². The lowest BCUT2D eigenvalue weighted by Gasteiger charge is -2.15. The van der Waals surface area contributed by atoms with E-state index in [1.807, 2.05) is 18.2 Å². The molecule has 1 aromatic rings. The highest BCUT2D eigenvalue weighted by Gasteiger charge is 2.16. The van der Waals surface area contributed by atoms with Gasteiger partial charge in [-0.1, -0.05) is 18.2 Å². The summed E-state index contributed by atoms with van der Waals surface area (Å²) in [6.07, 6.45) is 8.01. The van der Waals surface area contributed by atoms with E-state index in [1.165, 1.54) is 25.7 Å². The van der Waals surface area contributed by atoms with Crippen LogP contribution < -0.4 is 10.5 Å². The van der Waals surface area contributed by atoms with Crippen molar-refractivity contribution in [3.63, 3.8) is 0 Å². The fourth-order valence-electron chi connectivity index (χ4n) is 2.33. The number of hydrogen-bond donors (Lipinski definition) is 1. The third-order valence-corrected chi connectivity index (χ3v) is 3.31. The Kier molecular flexibility index (Phi) is 4.21. The van der Waals surface area contributed by atoms with Crippen LogP contribution in [0.2, 0.25) is 0 Å². The van der Waals surface area contributed by atoms with Gasteiger partial charge in [-0.25, -0.2) is 0 Å². The average molecular weight is 231 g/mol. The molecule has 0 aliphatic heterocycles. The molecule has 0 unspecified atom stereocenters. The van der Waals surface area contributed by atoms with Crippen LogP contribution in [-0.4, -0.2) is 6.10 Å². The number of rotatable bonds is 5. The second-order valence-corrected chi connectivity index (χ2v) is 4.73. The van der Waals surface area contributed by atoms with Crippen molar-refractivity contribution in [1.29, 1.82) is 0 Å². The molecule has 0 radical (unpaired) electrons. The van der Waals surface area contributed by atoms with E-state index in [9.17, 15) is 0 Å². The first kappa shape index (κ1) is 12.2. The topological polar surface area (TPSA) is 35.2 Å². The summed E-state index contributed by atoms with van der Waals surface area (Å²) in [7, 11) is 0. The zero-order valence-electron chi connectivity index (χ0n) is 10.3. The Morgan fingerprint density at radius 1 is 1.41 bits per heavy atom. The molecule has 17 heavy (non-hydrogen) atoms. The fraction of sp³-hybridized carbons (Fsp3) is 0.467. The minimum absolute atomic E-state index is 0.0274. The maximum absolute atomic E-state index is 6.06. The van der Waals surface area contributed by atoms with Crippen molar-refractivity contribution >= 4 is 0 Å². The van der Waals surface area contributed by atoms with Gasteiger partial charge in [-0.2, -0.15) is 0 Å². The molecule has 1 aliphatic carbocycles. The molecule has 92 valence electrons. The summed E-state index contributed by atoms with van der Waals surface area (Å²) in [6, 6.07) is 8.17. The van der Waals surface area contributed by atoms with E-state index in [0.29, 0.717) is 6.10 Å². The number of benzene rings is 1. The van der Waals surface area contributed by atoms with Gasteiger partial charge in [0, 0.05) is 6.04 Å². The number of nitrogens with two attached hydrogens (primary N) is 1. The maximum atomic E-state index is 6.06. The highest BCUT2D eigenvalue weighted by Crippen LogP contribution is 2.26. The zero-order valence-corrected chi connectivity index (χ0v) is 10.3. The molecule has 0 bridgehead atoms. The lowest BCUT2D eigenvalue weighted by molar-refractivity contribution is 0.210. The Balaban J connectivity index is 2.02. The molecule has 0 amide bonds. The molecule has 2 nitrogen and oxygen atoms in total. The van der Waals surface area contributed by atoms with Crippen molar-refractivity contribution in [3.05, 3.63) is 42.5 Å². The summed E-state index contributed by atoms with van der Waals surface area (Å²) in [5.41, 5.74) is 7.18. The molecule has 0 spiro atoms. The predicted octanol–water partition coefficient (Wildman–Crippen LogP) is 3.58. The Bertz CT molecular complexity index is 369. The molecule has 1 aliphatic rings. The maximum Gasteiger partial charge on any atom is 0.120 e. The SMILES string of the molecule is C=CC[C@H](N)c1cccc(OC2CCCC2)c1. The second-order valence-electron chi connectivity index (χ2n) is 4.73. The van der Waals surface area contributed by atoms with Gasteiger partial charge in [-0.05, 0) is 49.8 Å². The standard InChI is InChI=1S/C15H21NO/c1-2-6-15(16)12-7-5-10-14(11-12)17-13-8-3-4-9-13/h2,5,7,10-11,13,15H,1,3-4,6,8-9,16H2/t15-/m0/s1. The molecule has 0 saturated heterocycles. The Morgan fingerprint density at radius 3 is 2.88 bits per heavy atom. The van der Waals surface area contributed by atoms with Gasteiger partial charge in [0.1, 0.15) is 5.75 Å². The minimum Gasteiger partial charge on any atom is -0.490 e. The molecule has 1 atom stereocenters. The second kappa shape index (κ2) is 5.87. The van der Waals surface area contributed by atoms with Crippen molar-refractivity contribution in [1.82, 2.24) is 0 Å². The van der Waals surface area contributed by atoms with E-state index in [4.69, 9.17) is 10.5 Å². The number of hydrogen-bond acceptors (Lipinski definition) is 2. The predicted molar refractivity (Wildman–Crippen MR) is 71.1 cm³/mol. The third kappa shape index (κ3) is 3.34. The smallest absolute Gasteiger partial charge is 0.120 e. The minimum atomic E-state index is 0.0274. The lowest BCUT2D eigenvalue weighted by Crippen LogP contribution is -2.12. The molecular formula is C15H21NO. The van der Waals surface area contributed by atoms with Crippen molar-refractivity contribution in [3.8, 4) is 5.75 Å². The zero-order chi connectivity index (χ0) is 12.1. The summed E-state index contributed by atoms with van der Waals surface area (Å²) in [6.45, 7) is 3.72. The summed E-state index contributed by atoms with van der Waals surface area (Å²) >= 11 is 0. The van der Waals surface area contributed by atoms with Gasteiger partial charge >= 0.3 is 0 Å². The first-order valence-electron chi connectivity index (χ1n) is 6.42. The van der Waals surface area contributed by atoms with Gasteiger partial charge < -0.3 is 10.5 Å². The Labute approximate surface area is 103 Å². The van der Waals surface area contributed by atoms with Crippen molar-refractivity contribution in [2.45, 2.75) is 44.2 Å². The van der Waals surface area contributed by atoms with Crippen molar-refractivity contribution in [2.24, 2.45) is 5.73 Å². The van der Waals surface area contributed by atoms with Crippen LogP contribution in [0.3, 0.4) is 0 Å². The monoisotopic (exact) mass is 231 g/mol. The first-order valence-corrected chi connectivity index (χ1v) is 6.42. The van der Waals surface area contributed by atoms with Crippen molar-refractivity contribution < 1.29 is 4.74 Å². The molecule has 2 N–H and O–H groups in total. The van der Waals surface area contributed by atoms with E-state index in [0.717, 1.165) is 17.7 Å². The van der Waals surface area contributed by atoms with Crippen LogP contribution in [0.25, 0.3) is 0 Å². The van der Waals surface area contributed by atoms with Crippen LogP contribution in [0.15, 0.2) is 36.9 Å². The van der Waals surface area contributed by atoms with Gasteiger partial charge in [0.05, 0.1) is 6.10 Å². The van der Waals surface area contributed by atoms with Gasteiger partial charge in [-0.3, -0.25) is 0 Å². The largest absolute Gasteiger partial charge is 0.490 e. The molecule has 2 heteroatoms. The first-order chi connectivity index (χ1) is 8.29. The average Bonchev–Trinajstić information content (AvgIpc) is 2.82. The highest BCUT2D eigenvalue weighted by atomic mass is 16.5. The van der Waals surface area contributed by atoms with E-state index in [1.54, 1.807) is 0 Å². The van der Waals surface area contributed by atoms with Gasteiger partial charge in [-0.15, -0.1) is 6.58 Å². The molecule has 1 fully saturated rings. The summed E-state index contributed by atoms with van der Waals surface area (Å²) < 4.78 is 5.96. The van der Waals surface area contributed by atoms with Crippen LogP contribution >= 0.6 is 0 Å². The third-order valence-electron chi connectivity index (χ3n) is 3.31. The van der Waals surface area contributed by atoms with Gasteiger partial charge in [0.2, 0.25) is 0 Å². The number of ether oxygens (including phenoxy) is 1. The highest BCUT2D eigenvalue weighted by molar-refractivity contribution is 5.31. The van der Waals surface area contributed by atoms with Crippen LogP contribution in [0.5, 0.6) is 5.75 Å². The summed E-state index contributed by atoms with van der Waals surface area (Å²) in [5, 5.41) is 0. The molecular weight excluding hydrogens is 210 g/mol. The molecule has 0 aromatic heterocycles.